The van der Waals surface area contributed by atoms with Crippen LogP contribution in [-0.2, 0) is 11.3 Å². The van der Waals surface area contributed by atoms with E-state index in [-0.39, 0.29) is 6.09 Å². The van der Waals surface area contributed by atoms with E-state index in [1.54, 1.807) is 23.8 Å². The zero-order valence-electron chi connectivity index (χ0n) is 16.2. The largest absolute Gasteiger partial charge is 0.497 e. The number of methoxy groups -OCH3 is 1. The fourth-order valence-corrected chi connectivity index (χ4v) is 3.54. The van der Waals surface area contributed by atoms with Crippen molar-refractivity contribution in [1.29, 1.82) is 0 Å². The van der Waals surface area contributed by atoms with Crippen molar-refractivity contribution >= 4 is 28.7 Å². The Hall–Kier alpha value is -2.67. The summed E-state index contributed by atoms with van der Waals surface area (Å²) >= 11 is 1.61. The lowest BCUT2D eigenvalue weighted by Crippen LogP contribution is -2.50. The Morgan fingerprint density at radius 1 is 1.00 bits per heavy atom. The molecule has 0 saturated carbocycles. The first kappa shape index (κ1) is 20.1. The van der Waals surface area contributed by atoms with E-state index in [9.17, 15) is 4.79 Å². The fourth-order valence-electron chi connectivity index (χ4n) is 2.90. The van der Waals surface area contributed by atoms with Crippen LogP contribution in [0.1, 0.15) is 5.56 Å². The van der Waals surface area contributed by atoms with Crippen molar-refractivity contribution in [2.75, 3.05) is 39.5 Å². The Bertz CT molecular complexity index is 788. The van der Waals surface area contributed by atoms with Gasteiger partial charge in [-0.2, -0.15) is 0 Å². The van der Waals surface area contributed by atoms with E-state index in [4.69, 9.17) is 14.5 Å². The highest BCUT2D eigenvalue weighted by Crippen LogP contribution is 2.21. The zero-order chi connectivity index (χ0) is 19.8. The highest BCUT2D eigenvalue weighted by atomic mass is 32.2. The molecule has 7 heteroatoms. The average molecular weight is 400 g/mol. The molecule has 0 spiro atoms. The van der Waals surface area contributed by atoms with Gasteiger partial charge in [0.15, 0.2) is 5.17 Å². The van der Waals surface area contributed by atoms with E-state index in [0.717, 1.165) is 35.3 Å². The number of nitrogens with zero attached hydrogens (tertiary/aromatic N) is 3. The number of amides is 1. The van der Waals surface area contributed by atoms with Crippen molar-refractivity contribution in [2.24, 2.45) is 4.99 Å². The maximum Gasteiger partial charge on any atom is 0.410 e. The van der Waals surface area contributed by atoms with Crippen molar-refractivity contribution in [3.05, 3.63) is 60.2 Å². The van der Waals surface area contributed by atoms with E-state index < -0.39 is 0 Å². The molecule has 0 unspecified atom stereocenters. The molecule has 0 aromatic heterocycles. The van der Waals surface area contributed by atoms with Gasteiger partial charge in [-0.3, -0.25) is 0 Å². The van der Waals surface area contributed by atoms with Crippen molar-refractivity contribution in [1.82, 2.24) is 9.80 Å². The molecule has 3 rings (SSSR count). The summed E-state index contributed by atoms with van der Waals surface area (Å²) < 4.78 is 10.6. The first-order valence-electron chi connectivity index (χ1n) is 9.17. The van der Waals surface area contributed by atoms with Crippen LogP contribution < -0.4 is 4.74 Å². The van der Waals surface area contributed by atoms with Gasteiger partial charge in [-0.1, -0.05) is 42.1 Å². The van der Waals surface area contributed by atoms with Gasteiger partial charge >= 0.3 is 6.09 Å². The molecule has 1 aliphatic heterocycles. The van der Waals surface area contributed by atoms with E-state index >= 15 is 0 Å². The number of piperazine rings is 1. The molecule has 28 heavy (non-hydrogen) atoms. The predicted octanol–water partition coefficient (Wildman–Crippen LogP) is 4.00. The first-order chi connectivity index (χ1) is 13.7. The summed E-state index contributed by atoms with van der Waals surface area (Å²) in [7, 11) is 1.65. The summed E-state index contributed by atoms with van der Waals surface area (Å²) in [5, 5.41) is 0.947. The molecule has 1 aliphatic rings. The number of ether oxygens (including phenoxy) is 2. The topological polar surface area (TPSA) is 54.4 Å². The summed E-state index contributed by atoms with van der Waals surface area (Å²) in [6.45, 7) is 3.01. The van der Waals surface area contributed by atoms with Gasteiger partial charge < -0.3 is 19.3 Å². The minimum absolute atomic E-state index is 0.263. The van der Waals surface area contributed by atoms with Crippen LogP contribution in [0.25, 0.3) is 0 Å². The van der Waals surface area contributed by atoms with E-state index in [2.05, 4.69) is 4.90 Å². The van der Waals surface area contributed by atoms with E-state index in [1.807, 2.05) is 60.9 Å². The Morgan fingerprint density at radius 2 is 1.64 bits per heavy atom. The molecule has 2 aromatic rings. The Labute approximate surface area is 170 Å². The van der Waals surface area contributed by atoms with Crippen molar-refractivity contribution in [2.45, 2.75) is 6.61 Å². The number of benzene rings is 2. The minimum atomic E-state index is -0.263. The zero-order valence-corrected chi connectivity index (χ0v) is 17.0. The third kappa shape index (κ3) is 5.42. The molecule has 1 amide bonds. The van der Waals surface area contributed by atoms with Crippen LogP contribution in [0, 0.1) is 0 Å². The lowest BCUT2D eigenvalue weighted by Gasteiger charge is -2.35. The Balaban J connectivity index is 1.52. The Morgan fingerprint density at radius 3 is 2.25 bits per heavy atom. The smallest absolute Gasteiger partial charge is 0.410 e. The quantitative estimate of drug-likeness (QED) is 0.575. The summed E-state index contributed by atoms with van der Waals surface area (Å²) in [6.07, 6.45) is 1.75. The second kappa shape index (κ2) is 10.0. The van der Waals surface area contributed by atoms with Crippen molar-refractivity contribution in [3.8, 4) is 5.75 Å². The number of carbonyl (C=O) groups is 1. The highest BCUT2D eigenvalue weighted by molar-refractivity contribution is 8.13. The normalized spacial score (nSPS) is 14.7. The van der Waals surface area contributed by atoms with Crippen LogP contribution in [0.4, 0.5) is 10.5 Å². The maximum absolute atomic E-state index is 12.3. The Kier molecular flexibility index (Phi) is 7.19. The molecular weight excluding hydrogens is 374 g/mol. The molecular formula is C21H25N3O3S. The molecule has 148 valence electrons. The lowest BCUT2D eigenvalue weighted by molar-refractivity contribution is 0.0829. The number of hydrogen-bond donors (Lipinski definition) is 0. The maximum atomic E-state index is 12.3. The van der Waals surface area contributed by atoms with E-state index in [1.165, 1.54) is 0 Å². The first-order valence-corrected chi connectivity index (χ1v) is 10.4. The van der Waals surface area contributed by atoms with Gasteiger partial charge in [-0.05, 0) is 36.1 Å². The van der Waals surface area contributed by atoms with Gasteiger partial charge in [-0.25, -0.2) is 9.79 Å². The second-order valence-corrected chi connectivity index (χ2v) is 7.08. The number of thioether (sulfide) groups is 1. The molecule has 0 bridgehead atoms. The third-order valence-corrected chi connectivity index (χ3v) is 5.21. The van der Waals surface area contributed by atoms with Crippen LogP contribution in [0.3, 0.4) is 0 Å². The molecule has 1 fully saturated rings. The summed E-state index contributed by atoms with van der Waals surface area (Å²) in [5.74, 6) is 0.812. The van der Waals surface area contributed by atoms with Crippen LogP contribution in [-0.4, -0.2) is 60.6 Å². The minimum Gasteiger partial charge on any atom is -0.497 e. The molecule has 6 nitrogen and oxygen atoms in total. The van der Waals surface area contributed by atoms with Gasteiger partial charge in [0.1, 0.15) is 12.4 Å². The monoisotopic (exact) mass is 399 g/mol. The standard InChI is InChI=1S/C21H25N3O3S/c1-26-19-10-8-18(9-11-19)22-20(28-2)23-12-14-24(15-13-23)21(25)27-16-17-6-4-3-5-7-17/h3-11H,12-16H2,1-2H3. The number of hydrogen-bond acceptors (Lipinski definition) is 5. The highest BCUT2D eigenvalue weighted by Gasteiger charge is 2.24. The van der Waals surface area contributed by atoms with Crippen LogP contribution in [0.15, 0.2) is 59.6 Å². The lowest BCUT2D eigenvalue weighted by atomic mass is 10.2. The number of aliphatic imine (C=N–C) groups is 1. The van der Waals surface area contributed by atoms with Gasteiger partial charge in [0.2, 0.25) is 0 Å². The molecule has 0 radical (unpaired) electrons. The number of amidine groups is 1. The SMILES string of the molecule is COc1ccc(N=C(SC)N2CCN(C(=O)OCc3ccccc3)CC2)cc1. The van der Waals surface area contributed by atoms with Gasteiger partial charge in [0.25, 0.3) is 0 Å². The summed E-state index contributed by atoms with van der Waals surface area (Å²) in [6, 6.07) is 17.4. The predicted molar refractivity (Wildman–Crippen MR) is 113 cm³/mol. The second-order valence-electron chi connectivity index (χ2n) is 6.31. The summed E-state index contributed by atoms with van der Waals surface area (Å²) in [5.41, 5.74) is 1.88. The van der Waals surface area contributed by atoms with Gasteiger partial charge in [0, 0.05) is 26.2 Å². The van der Waals surface area contributed by atoms with Crippen molar-refractivity contribution < 1.29 is 14.3 Å². The van der Waals surface area contributed by atoms with E-state index in [0.29, 0.717) is 19.7 Å². The molecule has 1 saturated heterocycles. The van der Waals surface area contributed by atoms with Gasteiger partial charge in [0.05, 0.1) is 12.8 Å². The van der Waals surface area contributed by atoms with Crippen LogP contribution in [0.2, 0.25) is 0 Å². The molecule has 0 aliphatic carbocycles. The molecule has 2 aromatic carbocycles. The molecule has 0 atom stereocenters. The molecule has 1 heterocycles. The fraction of sp³-hybridized carbons (Fsp3) is 0.333. The number of rotatable bonds is 4. The van der Waals surface area contributed by atoms with Crippen LogP contribution in [0.5, 0.6) is 5.75 Å². The third-order valence-electron chi connectivity index (χ3n) is 4.49. The van der Waals surface area contributed by atoms with Gasteiger partial charge in [-0.15, -0.1) is 0 Å². The van der Waals surface area contributed by atoms with Crippen molar-refractivity contribution in [3.63, 3.8) is 0 Å². The summed E-state index contributed by atoms with van der Waals surface area (Å²) in [4.78, 5) is 21.0. The molecule has 0 N–H and O–H groups in total. The average Bonchev–Trinajstić information content (AvgIpc) is 2.77. The van der Waals surface area contributed by atoms with Crippen LogP contribution >= 0.6 is 11.8 Å². The number of carbonyl (C=O) groups excluding carboxylic acids is 1.